The van der Waals surface area contributed by atoms with Crippen LogP contribution in [0.5, 0.6) is 0 Å². The SMILES string of the molecule is Cc1nn(C)cc1Nc1ccc(Cl)cn1. The number of anilines is 2. The van der Waals surface area contributed by atoms with Gasteiger partial charge in [-0.25, -0.2) is 4.98 Å². The Kier molecular flexibility index (Phi) is 2.60. The molecule has 0 aromatic carbocycles. The van der Waals surface area contributed by atoms with Gasteiger partial charge < -0.3 is 5.32 Å². The van der Waals surface area contributed by atoms with E-state index in [4.69, 9.17) is 11.6 Å². The molecule has 2 heterocycles. The van der Waals surface area contributed by atoms with Crippen LogP contribution < -0.4 is 5.32 Å². The molecule has 2 rings (SSSR count). The molecular formula is C10H11ClN4. The van der Waals surface area contributed by atoms with Crippen LogP contribution in [0.4, 0.5) is 11.5 Å². The highest BCUT2D eigenvalue weighted by atomic mass is 35.5. The predicted octanol–water partition coefficient (Wildman–Crippen LogP) is 2.52. The largest absolute Gasteiger partial charge is 0.337 e. The second-order valence-electron chi connectivity index (χ2n) is 3.29. The van der Waals surface area contributed by atoms with Gasteiger partial charge in [0.2, 0.25) is 0 Å². The van der Waals surface area contributed by atoms with Gasteiger partial charge in [-0.05, 0) is 19.1 Å². The first-order valence-corrected chi connectivity index (χ1v) is 4.92. The molecule has 0 saturated carbocycles. The van der Waals surface area contributed by atoms with Crippen molar-refractivity contribution in [2.45, 2.75) is 6.92 Å². The molecule has 0 amide bonds. The van der Waals surface area contributed by atoms with Crippen molar-refractivity contribution >= 4 is 23.1 Å². The maximum Gasteiger partial charge on any atom is 0.130 e. The highest BCUT2D eigenvalue weighted by Gasteiger charge is 2.03. The molecule has 0 bridgehead atoms. The second-order valence-corrected chi connectivity index (χ2v) is 3.72. The molecule has 78 valence electrons. The van der Waals surface area contributed by atoms with Crippen molar-refractivity contribution in [1.29, 1.82) is 0 Å². The highest BCUT2D eigenvalue weighted by molar-refractivity contribution is 6.30. The van der Waals surface area contributed by atoms with Crippen LogP contribution in [0.25, 0.3) is 0 Å². The molecule has 0 fully saturated rings. The van der Waals surface area contributed by atoms with Crippen molar-refractivity contribution in [2.75, 3.05) is 5.32 Å². The summed E-state index contributed by atoms with van der Waals surface area (Å²) in [5.74, 6) is 0.760. The summed E-state index contributed by atoms with van der Waals surface area (Å²) < 4.78 is 1.76. The summed E-state index contributed by atoms with van der Waals surface area (Å²) in [7, 11) is 1.88. The average Bonchev–Trinajstić information content (AvgIpc) is 2.49. The lowest BCUT2D eigenvalue weighted by atomic mass is 10.4. The monoisotopic (exact) mass is 222 g/mol. The zero-order chi connectivity index (χ0) is 10.8. The molecule has 0 aliphatic rings. The lowest BCUT2D eigenvalue weighted by molar-refractivity contribution is 0.756. The van der Waals surface area contributed by atoms with Crippen molar-refractivity contribution in [3.05, 3.63) is 35.2 Å². The van der Waals surface area contributed by atoms with Crippen LogP contribution in [0, 0.1) is 6.92 Å². The van der Waals surface area contributed by atoms with Gasteiger partial charge in [-0.3, -0.25) is 4.68 Å². The van der Waals surface area contributed by atoms with Gasteiger partial charge in [0, 0.05) is 19.4 Å². The molecule has 0 unspecified atom stereocenters. The average molecular weight is 223 g/mol. The Labute approximate surface area is 92.9 Å². The van der Waals surface area contributed by atoms with Crippen molar-refractivity contribution in [1.82, 2.24) is 14.8 Å². The maximum atomic E-state index is 5.74. The molecule has 0 spiro atoms. The minimum absolute atomic E-state index is 0.628. The first-order valence-electron chi connectivity index (χ1n) is 4.54. The van der Waals surface area contributed by atoms with E-state index < -0.39 is 0 Å². The normalized spacial score (nSPS) is 10.3. The third kappa shape index (κ3) is 2.27. The summed E-state index contributed by atoms with van der Waals surface area (Å²) in [6.45, 7) is 1.94. The lowest BCUT2D eigenvalue weighted by Gasteiger charge is -2.02. The van der Waals surface area contributed by atoms with Gasteiger partial charge in [0.05, 0.1) is 16.4 Å². The first-order chi connectivity index (χ1) is 7.15. The fourth-order valence-corrected chi connectivity index (χ4v) is 1.42. The molecule has 15 heavy (non-hydrogen) atoms. The van der Waals surface area contributed by atoms with Crippen LogP contribution in [-0.2, 0) is 7.05 Å². The zero-order valence-corrected chi connectivity index (χ0v) is 9.28. The van der Waals surface area contributed by atoms with Crippen molar-refractivity contribution in [3.63, 3.8) is 0 Å². The van der Waals surface area contributed by atoms with Gasteiger partial charge in [0.25, 0.3) is 0 Å². The second kappa shape index (κ2) is 3.90. The van der Waals surface area contributed by atoms with Crippen LogP contribution in [0.2, 0.25) is 5.02 Å². The Morgan fingerprint density at radius 1 is 1.40 bits per heavy atom. The van der Waals surface area contributed by atoms with E-state index in [1.54, 1.807) is 16.9 Å². The smallest absolute Gasteiger partial charge is 0.130 e. The number of hydrogen-bond donors (Lipinski definition) is 1. The maximum absolute atomic E-state index is 5.74. The van der Waals surface area contributed by atoms with Gasteiger partial charge in [0.15, 0.2) is 0 Å². The fourth-order valence-electron chi connectivity index (χ4n) is 1.31. The van der Waals surface area contributed by atoms with E-state index in [0.717, 1.165) is 17.2 Å². The van der Waals surface area contributed by atoms with Crippen molar-refractivity contribution in [3.8, 4) is 0 Å². The number of nitrogens with one attached hydrogen (secondary N) is 1. The van der Waals surface area contributed by atoms with E-state index in [1.165, 1.54) is 0 Å². The number of pyridine rings is 1. The van der Waals surface area contributed by atoms with Gasteiger partial charge in [-0.15, -0.1) is 0 Å². The quantitative estimate of drug-likeness (QED) is 0.849. The third-order valence-corrected chi connectivity index (χ3v) is 2.23. The Bertz CT molecular complexity index is 461. The van der Waals surface area contributed by atoms with Crippen LogP contribution in [0.15, 0.2) is 24.5 Å². The van der Waals surface area contributed by atoms with E-state index in [2.05, 4.69) is 15.4 Å². The predicted molar refractivity (Wildman–Crippen MR) is 60.5 cm³/mol. The van der Waals surface area contributed by atoms with E-state index in [-0.39, 0.29) is 0 Å². The fraction of sp³-hybridized carbons (Fsp3) is 0.200. The number of hydrogen-bond acceptors (Lipinski definition) is 3. The summed E-state index contributed by atoms with van der Waals surface area (Å²) in [4.78, 5) is 4.14. The number of aromatic nitrogens is 3. The molecule has 0 aliphatic carbocycles. The van der Waals surface area contributed by atoms with Crippen molar-refractivity contribution < 1.29 is 0 Å². The van der Waals surface area contributed by atoms with Crippen LogP contribution in [0.1, 0.15) is 5.69 Å². The minimum Gasteiger partial charge on any atom is -0.337 e. The molecule has 5 heteroatoms. The summed E-state index contributed by atoms with van der Waals surface area (Å²) in [5, 5.41) is 8.02. The molecule has 2 aromatic heterocycles. The number of halogens is 1. The summed E-state index contributed by atoms with van der Waals surface area (Å²) in [6, 6.07) is 3.62. The van der Waals surface area contributed by atoms with Crippen LogP contribution in [-0.4, -0.2) is 14.8 Å². The zero-order valence-electron chi connectivity index (χ0n) is 8.53. The number of nitrogens with zero attached hydrogens (tertiary/aromatic N) is 3. The van der Waals surface area contributed by atoms with Crippen LogP contribution >= 0.6 is 11.6 Å². The van der Waals surface area contributed by atoms with E-state index in [1.807, 2.05) is 26.2 Å². The summed E-state index contributed by atoms with van der Waals surface area (Å²) >= 11 is 5.74. The first kappa shape index (κ1) is 9.98. The van der Waals surface area contributed by atoms with Gasteiger partial charge in [-0.2, -0.15) is 5.10 Å². The van der Waals surface area contributed by atoms with Gasteiger partial charge in [0.1, 0.15) is 5.82 Å². The molecule has 2 aromatic rings. The van der Waals surface area contributed by atoms with E-state index in [9.17, 15) is 0 Å². The Morgan fingerprint density at radius 3 is 2.73 bits per heavy atom. The number of aryl methyl sites for hydroxylation is 2. The standard InChI is InChI=1S/C10H11ClN4/c1-7-9(6-15(2)14-7)13-10-4-3-8(11)5-12-10/h3-6H,1-2H3,(H,12,13). The highest BCUT2D eigenvalue weighted by Crippen LogP contribution is 2.18. The van der Waals surface area contributed by atoms with E-state index >= 15 is 0 Å². The Morgan fingerprint density at radius 2 is 2.20 bits per heavy atom. The van der Waals surface area contributed by atoms with Crippen molar-refractivity contribution in [2.24, 2.45) is 7.05 Å². The van der Waals surface area contributed by atoms with Gasteiger partial charge in [-0.1, -0.05) is 11.6 Å². The Balaban J connectivity index is 2.21. The van der Waals surface area contributed by atoms with Gasteiger partial charge >= 0.3 is 0 Å². The summed E-state index contributed by atoms with van der Waals surface area (Å²) in [6.07, 6.45) is 3.52. The third-order valence-electron chi connectivity index (χ3n) is 2.00. The minimum atomic E-state index is 0.628. The summed E-state index contributed by atoms with van der Waals surface area (Å²) in [5.41, 5.74) is 1.89. The molecule has 0 atom stereocenters. The topological polar surface area (TPSA) is 42.7 Å². The molecule has 0 saturated heterocycles. The molecule has 0 aliphatic heterocycles. The molecule has 4 nitrogen and oxygen atoms in total. The molecule has 1 N–H and O–H groups in total. The molecule has 0 radical (unpaired) electrons. The lowest BCUT2D eigenvalue weighted by Crippen LogP contribution is -1.92. The number of rotatable bonds is 2. The van der Waals surface area contributed by atoms with E-state index in [0.29, 0.717) is 5.02 Å². The van der Waals surface area contributed by atoms with Crippen LogP contribution in [0.3, 0.4) is 0 Å². The Hall–Kier alpha value is -1.55. The molecular weight excluding hydrogens is 212 g/mol.